The highest BCUT2D eigenvalue weighted by Gasteiger charge is 2.23. The zero-order valence-electron chi connectivity index (χ0n) is 12.7. The van der Waals surface area contributed by atoms with Gasteiger partial charge in [-0.3, -0.25) is 4.79 Å². The maximum absolute atomic E-state index is 12.6. The Morgan fingerprint density at radius 2 is 2.14 bits per heavy atom. The van der Waals surface area contributed by atoms with Crippen LogP contribution < -0.4 is 9.64 Å². The summed E-state index contributed by atoms with van der Waals surface area (Å²) < 4.78 is 5.26. The Morgan fingerprint density at radius 3 is 2.86 bits per heavy atom. The minimum atomic E-state index is 0.221. The summed E-state index contributed by atoms with van der Waals surface area (Å²) in [5, 5.41) is 0.962. The van der Waals surface area contributed by atoms with E-state index in [1.165, 1.54) is 17.7 Å². The molecule has 21 heavy (non-hydrogen) atoms. The highest BCUT2D eigenvalue weighted by atomic mass is 16.5. The van der Waals surface area contributed by atoms with Gasteiger partial charge in [-0.25, -0.2) is 0 Å². The zero-order chi connectivity index (χ0) is 14.8. The largest absolute Gasteiger partial charge is 0.497 e. The molecule has 112 valence electrons. The summed E-state index contributed by atoms with van der Waals surface area (Å²) in [5.41, 5.74) is 1.77. The molecule has 3 rings (SSSR count). The fourth-order valence-corrected chi connectivity index (χ4v) is 3.13. The third-order valence-electron chi connectivity index (χ3n) is 4.58. The highest BCUT2D eigenvalue weighted by molar-refractivity contribution is 6.08. The number of hydrogen-bond donors (Lipinski definition) is 2. The molecule has 1 aromatic heterocycles. The topological polar surface area (TPSA) is 46.5 Å². The first-order valence-electron chi connectivity index (χ1n) is 7.69. The number of carbonyl (C=O) groups is 1. The summed E-state index contributed by atoms with van der Waals surface area (Å²) in [6.45, 7) is 5.11. The smallest absolute Gasteiger partial charge is 0.219 e. The van der Waals surface area contributed by atoms with Crippen LogP contribution in [0.3, 0.4) is 0 Å². The molecule has 2 heterocycles. The molecule has 1 fully saturated rings. The van der Waals surface area contributed by atoms with Gasteiger partial charge in [0.15, 0.2) is 0 Å². The summed E-state index contributed by atoms with van der Waals surface area (Å²) in [4.78, 5) is 17.2. The van der Waals surface area contributed by atoms with Gasteiger partial charge in [-0.15, -0.1) is 0 Å². The van der Waals surface area contributed by atoms with Crippen LogP contribution >= 0.6 is 0 Å². The number of aromatic amines is 1. The summed E-state index contributed by atoms with van der Waals surface area (Å²) in [5.74, 6) is 1.82. The number of H-pyrrole nitrogens is 1. The molecule has 0 atom stereocenters. The molecule has 4 nitrogen and oxygen atoms in total. The summed E-state index contributed by atoms with van der Waals surface area (Å²) in [6, 6.07) is 5.80. The van der Waals surface area contributed by atoms with Gasteiger partial charge < -0.3 is 14.6 Å². The second kappa shape index (κ2) is 5.90. The number of carbonyl (C=O) groups excluding carboxylic acids is 1. The lowest BCUT2D eigenvalue weighted by Gasteiger charge is -2.26. The second-order valence-corrected chi connectivity index (χ2v) is 6.15. The first-order valence-corrected chi connectivity index (χ1v) is 7.69. The van der Waals surface area contributed by atoms with Gasteiger partial charge in [0.25, 0.3) is 0 Å². The molecule has 2 aromatic rings. The lowest BCUT2D eigenvalue weighted by Crippen LogP contribution is -3.13. The number of rotatable bonds is 4. The van der Waals surface area contributed by atoms with Gasteiger partial charge in [0.2, 0.25) is 5.78 Å². The number of aromatic nitrogens is 1. The van der Waals surface area contributed by atoms with Crippen molar-refractivity contribution in [3.05, 3.63) is 30.0 Å². The maximum atomic E-state index is 12.6. The molecule has 4 heteroatoms. The molecule has 0 spiro atoms. The number of ether oxygens (including phenoxy) is 1. The first kappa shape index (κ1) is 14.1. The lowest BCUT2D eigenvalue weighted by atomic mass is 9.98. The Kier molecular flexibility index (Phi) is 3.97. The van der Waals surface area contributed by atoms with Crippen molar-refractivity contribution in [1.29, 1.82) is 0 Å². The molecule has 0 unspecified atom stereocenters. The van der Waals surface area contributed by atoms with E-state index >= 15 is 0 Å². The Labute approximate surface area is 125 Å². The van der Waals surface area contributed by atoms with Crippen LogP contribution in [0.4, 0.5) is 0 Å². The van der Waals surface area contributed by atoms with E-state index in [-0.39, 0.29) is 5.78 Å². The van der Waals surface area contributed by atoms with Crippen molar-refractivity contribution in [1.82, 2.24) is 4.98 Å². The van der Waals surface area contributed by atoms with E-state index in [4.69, 9.17) is 4.74 Å². The van der Waals surface area contributed by atoms with Gasteiger partial charge in [-0.1, -0.05) is 6.92 Å². The van der Waals surface area contributed by atoms with Gasteiger partial charge in [0, 0.05) is 22.7 Å². The van der Waals surface area contributed by atoms with Crippen molar-refractivity contribution in [3.63, 3.8) is 0 Å². The summed E-state index contributed by atoms with van der Waals surface area (Å²) >= 11 is 0. The Bertz CT molecular complexity index is 639. The van der Waals surface area contributed by atoms with Gasteiger partial charge in [0.1, 0.15) is 12.3 Å². The van der Waals surface area contributed by atoms with Crippen LogP contribution in [-0.4, -0.2) is 37.5 Å². The van der Waals surface area contributed by atoms with Crippen LogP contribution in [0.5, 0.6) is 5.75 Å². The molecule has 0 amide bonds. The maximum Gasteiger partial charge on any atom is 0.219 e. The zero-order valence-corrected chi connectivity index (χ0v) is 12.7. The summed E-state index contributed by atoms with van der Waals surface area (Å²) in [6.07, 6.45) is 4.28. The van der Waals surface area contributed by atoms with E-state index in [1.807, 2.05) is 24.4 Å². The van der Waals surface area contributed by atoms with Crippen LogP contribution in [0.1, 0.15) is 30.1 Å². The number of methoxy groups -OCH3 is 1. The van der Waals surface area contributed by atoms with Crippen molar-refractivity contribution < 1.29 is 14.4 Å². The lowest BCUT2D eigenvalue weighted by molar-refractivity contribution is -0.897. The van der Waals surface area contributed by atoms with E-state index in [0.717, 1.165) is 41.2 Å². The van der Waals surface area contributed by atoms with E-state index in [9.17, 15) is 4.79 Å². The van der Waals surface area contributed by atoms with E-state index < -0.39 is 0 Å². The number of piperidine rings is 1. The normalized spacial score (nSPS) is 22.4. The standard InChI is InChI=1S/C17H22N2O2/c1-12-5-7-19(8-6-12)11-17(20)15-10-18-16-4-3-13(21-2)9-14(15)16/h3-4,9-10,12,18H,5-8,11H2,1-2H3/p+1. The third-order valence-corrected chi connectivity index (χ3v) is 4.58. The van der Waals surface area contributed by atoms with Crippen LogP contribution in [0, 0.1) is 5.92 Å². The van der Waals surface area contributed by atoms with E-state index in [1.54, 1.807) is 7.11 Å². The van der Waals surface area contributed by atoms with Crippen LogP contribution in [0.25, 0.3) is 10.9 Å². The predicted molar refractivity (Wildman–Crippen MR) is 83.1 cm³/mol. The highest BCUT2D eigenvalue weighted by Crippen LogP contribution is 2.23. The van der Waals surface area contributed by atoms with Crippen LogP contribution in [0.15, 0.2) is 24.4 Å². The molecule has 0 bridgehead atoms. The molecule has 2 N–H and O–H groups in total. The van der Waals surface area contributed by atoms with Crippen molar-refractivity contribution >= 4 is 16.7 Å². The summed E-state index contributed by atoms with van der Waals surface area (Å²) in [7, 11) is 1.65. The number of hydrogen-bond acceptors (Lipinski definition) is 2. The Hall–Kier alpha value is -1.81. The quantitative estimate of drug-likeness (QED) is 0.840. The van der Waals surface area contributed by atoms with Crippen molar-refractivity contribution in [2.75, 3.05) is 26.7 Å². The number of fused-ring (bicyclic) bond motifs is 1. The van der Waals surface area contributed by atoms with Gasteiger partial charge in [-0.2, -0.15) is 0 Å². The number of nitrogens with one attached hydrogen (secondary N) is 2. The van der Waals surface area contributed by atoms with E-state index in [0.29, 0.717) is 6.54 Å². The number of Topliss-reactive ketones (excluding diaryl/α,β-unsaturated/α-hetero) is 1. The minimum Gasteiger partial charge on any atom is -0.497 e. The average Bonchev–Trinajstić information content (AvgIpc) is 2.92. The molecule has 0 aliphatic carbocycles. The molecule has 1 saturated heterocycles. The fraction of sp³-hybridized carbons (Fsp3) is 0.471. The first-order chi connectivity index (χ1) is 10.2. The van der Waals surface area contributed by atoms with Crippen LogP contribution in [-0.2, 0) is 0 Å². The molecule has 0 saturated carbocycles. The molecule has 1 aliphatic heterocycles. The Balaban J connectivity index is 1.78. The SMILES string of the molecule is COc1ccc2[nH]cc(C(=O)C[NH+]3CCC(C)CC3)c2c1. The Morgan fingerprint density at radius 1 is 1.38 bits per heavy atom. The van der Waals surface area contributed by atoms with Crippen molar-refractivity contribution in [2.24, 2.45) is 5.92 Å². The average molecular weight is 287 g/mol. The number of ketones is 1. The monoisotopic (exact) mass is 287 g/mol. The number of benzene rings is 1. The van der Waals surface area contributed by atoms with Crippen molar-refractivity contribution in [3.8, 4) is 5.75 Å². The number of quaternary nitrogens is 1. The number of likely N-dealkylation sites (tertiary alicyclic amines) is 1. The second-order valence-electron chi connectivity index (χ2n) is 6.15. The van der Waals surface area contributed by atoms with Gasteiger partial charge in [0.05, 0.1) is 20.2 Å². The molecular formula is C17H23N2O2+. The van der Waals surface area contributed by atoms with Crippen LogP contribution in [0.2, 0.25) is 0 Å². The molecule has 1 aliphatic rings. The third kappa shape index (κ3) is 2.95. The van der Waals surface area contributed by atoms with Gasteiger partial charge >= 0.3 is 0 Å². The molecule has 0 radical (unpaired) electrons. The van der Waals surface area contributed by atoms with Crippen molar-refractivity contribution in [2.45, 2.75) is 19.8 Å². The van der Waals surface area contributed by atoms with E-state index in [2.05, 4.69) is 11.9 Å². The molecule has 1 aromatic carbocycles. The fourth-order valence-electron chi connectivity index (χ4n) is 3.13. The minimum absolute atomic E-state index is 0.221. The van der Waals surface area contributed by atoms with Gasteiger partial charge in [-0.05, 0) is 37.0 Å². The predicted octanol–water partition coefficient (Wildman–Crippen LogP) is 1.67. The molecular weight excluding hydrogens is 264 g/mol.